The Bertz CT molecular complexity index is 912. The summed E-state index contributed by atoms with van der Waals surface area (Å²) in [7, 11) is 0. The monoisotopic (exact) mass is 382 g/mol. The highest BCUT2D eigenvalue weighted by Crippen LogP contribution is 2.37. The summed E-state index contributed by atoms with van der Waals surface area (Å²) >= 11 is 5.63. The van der Waals surface area contributed by atoms with Gasteiger partial charge in [0.1, 0.15) is 0 Å². The van der Waals surface area contributed by atoms with Crippen molar-refractivity contribution in [2.24, 2.45) is 0 Å². The Kier molecular flexibility index (Phi) is 4.81. The van der Waals surface area contributed by atoms with Crippen LogP contribution in [-0.2, 0) is 6.18 Å². The minimum absolute atomic E-state index is 0.0371. The first kappa shape index (κ1) is 17.7. The third kappa shape index (κ3) is 4.12. The zero-order chi connectivity index (χ0) is 18.7. The second-order valence-electron chi connectivity index (χ2n) is 5.05. The molecule has 26 heavy (non-hydrogen) atoms. The molecule has 0 unspecified atom stereocenters. The third-order valence-corrected chi connectivity index (χ3v) is 3.44. The van der Waals surface area contributed by atoms with E-state index in [1.807, 2.05) is 0 Å². The number of nitrogens with one attached hydrogen (secondary N) is 2. The molecule has 2 heterocycles. The largest absolute Gasteiger partial charge is 0.459 e. The molecule has 1 aromatic carbocycles. The van der Waals surface area contributed by atoms with Crippen LogP contribution in [0.3, 0.4) is 0 Å². The average molecular weight is 383 g/mol. The first-order chi connectivity index (χ1) is 12.3. The smallest absolute Gasteiger partial charge is 0.418 e. The summed E-state index contributed by atoms with van der Waals surface area (Å²) in [5, 5.41) is 12.4. The fourth-order valence-corrected chi connectivity index (χ4v) is 2.22. The van der Waals surface area contributed by atoms with Crippen LogP contribution in [0.1, 0.15) is 16.1 Å². The van der Waals surface area contributed by atoms with Crippen molar-refractivity contribution in [3.05, 3.63) is 65.1 Å². The number of benzene rings is 1. The molecule has 0 saturated heterocycles. The molecular weight excluding hydrogens is 373 g/mol. The molecule has 1 amide bonds. The molecule has 10 heteroatoms. The minimum atomic E-state index is -4.59. The lowest BCUT2D eigenvalue weighted by Crippen LogP contribution is -2.13. The highest BCUT2D eigenvalue weighted by atomic mass is 35.5. The van der Waals surface area contributed by atoms with Gasteiger partial charge in [-0.3, -0.25) is 4.79 Å². The lowest BCUT2D eigenvalue weighted by Gasteiger charge is -2.14. The van der Waals surface area contributed by atoms with Crippen molar-refractivity contribution in [2.75, 3.05) is 10.6 Å². The number of carbonyl (C=O) groups excluding carboxylic acids is 1. The van der Waals surface area contributed by atoms with Gasteiger partial charge in [-0.2, -0.15) is 13.2 Å². The summed E-state index contributed by atoms with van der Waals surface area (Å²) in [6.07, 6.45) is -3.24. The molecule has 6 nitrogen and oxygen atoms in total. The maximum Gasteiger partial charge on any atom is 0.418 e. The van der Waals surface area contributed by atoms with Gasteiger partial charge in [0.15, 0.2) is 17.4 Å². The van der Waals surface area contributed by atoms with Gasteiger partial charge >= 0.3 is 6.18 Å². The SMILES string of the molecule is O=C(Nc1ccc(Nc2ccc(Cl)cc2C(F)(F)F)nn1)c1ccco1. The number of nitrogens with zero attached hydrogens (tertiary/aromatic N) is 2. The van der Waals surface area contributed by atoms with E-state index in [2.05, 4.69) is 20.8 Å². The Hall–Kier alpha value is -3.07. The number of carbonyl (C=O) groups is 1. The quantitative estimate of drug-likeness (QED) is 0.681. The van der Waals surface area contributed by atoms with Gasteiger partial charge in [-0.15, -0.1) is 10.2 Å². The molecule has 2 N–H and O–H groups in total. The topological polar surface area (TPSA) is 80.0 Å². The average Bonchev–Trinajstić information content (AvgIpc) is 3.12. The second-order valence-corrected chi connectivity index (χ2v) is 5.48. The standard InChI is InChI=1S/C16H10ClF3N4O2/c17-9-3-4-11(10(8-9)16(18,19)20)21-13-5-6-14(24-23-13)22-15(25)12-2-1-7-26-12/h1-8H,(H,21,23)(H,22,24,25). The summed E-state index contributed by atoms with van der Waals surface area (Å²) in [4.78, 5) is 11.8. The van der Waals surface area contributed by atoms with E-state index >= 15 is 0 Å². The van der Waals surface area contributed by atoms with Gasteiger partial charge in [-0.05, 0) is 42.5 Å². The number of furan rings is 1. The van der Waals surface area contributed by atoms with E-state index in [1.165, 1.54) is 36.6 Å². The number of anilines is 3. The molecule has 0 bridgehead atoms. The zero-order valence-electron chi connectivity index (χ0n) is 12.8. The highest BCUT2D eigenvalue weighted by molar-refractivity contribution is 6.30. The van der Waals surface area contributed by atoms with Crippen LogP contribution in [-0.4, -0.2) is 16.1 Å². The number of rotatable bonds is 4. The van der Waals surface area contributed by atoms with Crippen LogP contribution < -0.4 is 10.6 Å². The number of halogens is 4. The second kappa shape index (κ2) is 7.04. The van der Waals surface area contributed by atoms with E-state index in [4.69, 9.17) is 16.0 Å². The maximum atomic E-state index is 13.1. The van der Waals surface area contributed by atoms with Gasteiger partial charge in [0, 0.05) is 5.02 Å². The van der Waals surface area contributed by atoms with Crippen LogP contribution in [0.5, 0.6) is 0 Å². The Morgan fingerprint density at radius 3 is 2.42 bits per heavy atom. The molecule has 134 valence electrons. The molecule has 0 aliphatic rings. The predicted molar refractivity (Wildman–Crippen MR) is 88.4 cm³/mol. The van der Waals surface area contributed by atoms with Gasteiger partial charge in [0.2, 0.25) is 0 Å². The predicted octanol–water partition coefficient (Wildman–Crippen LogP) is 4.74. The first-order valence-corrected chi connectivity index (χ1v) is 7.53. The van der Waals surface area contributed by atoms with E-state index in [9.17, 15) is 18.0 Å². The molecular formula is C16H10ClF3N4O2. The normalized spacial score (nSPS) is 11.2. The van der Waals surface area contributed by atoms with Crippen LogP contribution in [0.25, 0.3) is 0 Å². The van der Waals surface area contributed by atoms with E-state index in [0.29, 0.717) is 0 Å². The molecule has 3 rings (SSSR count). The number of amides is 1. The first-order valence-electron chi connectivity index (χ1n) is 7.15. The molecule has 0 fully saturated rings. The molecule has 2 aromatic heterocycles. The number of alkyl halides is 3. The number of hydrogen-bond acceptors (Lipinski definition) is 5. The van der Waals surface area contributed by atoms with Crippen molar-refractivity contribution in [1.82, 2.24) is 10.2 Å². The third-order valence-electron chi connectivity index (χ3n) is 3.20. The fraction of sp³-hybridized carbons (Fsp3) is 0.0625. The van der Waals surface area contributed by atoms with Gasteiger partial charge < -0.3 is 15.1 Å². The molecule has 0 aliphatic heterocycles. The van der Waals surface area contributed by atoms with E-state index in [-0.39, 0.29) is 28.1 Å². The molecule has 0 spiro atoms. The number of hydrogen-bond donors (Lipinski definition) is 2. The summed E-state index contributed by atoms with van der Waals surface area (Å²) in [5.74, 6) is -0.259. The van der Waals surface area contributed by atoms with Crippen molar-refractivity contribution in [1.29, 1.82) is 0 Å². The van der Waals surface area contributed by atoms with Crippen LogP contribution in [0, 0.1) is 0 Å². The van der Waals surface area contributed by atoms with Crippen molar-refractivity contribution >= 4 is 34.8 Å². The van der Waals surface area contributed by atoms with Gasteiger partial charge in [0.25, 0.3) is 5.91 Å². The van der Waals surface area contributed by atoms with E-state index in [0.717, 1.165) is 6.07 Å². The maximum absolute atomic E-state index is 13.1. The fourth-order valence-electron chi connectivity index (χ4n) is 2.05. The number of aromatic nitrogens is 2. The Balaban J connectivity index is 1.75. The van der Waals surface area contributed by atoms with Gasteiger partial charge in [0.05, 0.1) is 17.5 Å². The molecule has 0 saturated carbocycles. The van der Waals surface area contributed by atoms with Crippen LogP contribution in [0.15, 0.2) is 53.1 Å². The van der Waals surface area contributed by atoms with Gasteiger partial charge in [-0.25, -0.2) is 0 Å². The summed E-state index contributed by atoms with van der Waals surface area (Å²) in [5.41, 5.74) is -1.15. The summed E-state index contributed by atoms with van der Waals surface area (Å²) in [6, 6.07) is 9.12. The van der Waals surface area contributed by atoms with E-state index < -0.39 is 17.6 Å². The molecule has 3 aromatic rings. The summed E-state index contributed by atoms with van der Waals surface area (Å²) < 4.78 is 44.2. The Labute approximate surface area is 150 Å². The zero-order valence-corrected chi connectivity index (χ0v) is 13.6. The van der Waals surface area contributed by atoms with Crippen molar-refractivity contribution < 1.29 is 22.4 Å². The van der Waals surface area contributed by atoms with Crippen molar-refractivity contribution in [3.63, 3.8) is 0 Å². The van der Waals surface area contributed by atoms with Crippen molar-refractivity contribution in [2.45, 2.75) is 6.18 Å². The lowest BCUT2D eigenvalue weighted by molar-refractivity contribution is -0.136. The summed E-state index contributed by atoms with van der Waals surface area (Å²) in [6.45, 7) is 0. The van der Waals surface area contributed by atoms with E-state index in [1.54, 1.807) is 6.07 Å². The molecule has 0 atom stereocenters. The van der Waals surface area contributed by atoms with Gasteiger partial charge in [-0.1, -0.05) is 11.6 Å². The van der Waals surface area contributed by atoms with Crippen molar-refractivity contribution in [3.8, 4) is 0 Å². The molecule has 0 aliphatic carbocycles. The van der Waals surface area contributed by atoms with Crippen LogP contribution in [0.4, 0.5) is 30.5 Å². The Morgan fingerprint density at radius 1 is 1.08 bits per heavy atom. The minimum Gasteiger partial charge on any atom is -0.459 e. The Morgan fingerprint density at radius 2 is 1.81 bits per heavy atom. The highest BCUT2D eigenvalue weighted by Gasteiger charge is 2.34. The lowest BCUT2D eigenvalue weighted by atomic mass is 10.1. The molecule has 0 radical (unpaired) electrons. The van der Waals surface area contributed by atoms with Crippen LogP contribution in [0.2, 0.25) is 5.02 Å². The van der Waals surface area contributed by atoms with Crippen LogP contribution >= 0.6 is 11.6 Å².